The maximum atomic E-state index is 11.3. The van der Waals surface area contributed by atoms with E-state index in [1.165, 1.54) is 38.5 Å². The highest BCUT2D eigenvalue weighted by Crippen LogP contribution is 2.27. The molecule has 3 nitrogen and oxygen atoms in total. The lowest BCUT2D eigenvalue weighted by molar-refractivity contribution is -0.144. The largest absolute Gasteiger partial charge is 0.481 e. The van der Waals surface area contributed by atoms with Crippen molar-refractivity contribution in [3.63, 3.8) is 0 Å². The van der Waals surface area contributed by atoms with Gasteiger partial charge in [-0.15, -0.1) is 0 Å². The zero-order valence-corrected chi connectivity index (χ0v) is 12.9. The second kappa shape index (κ2) is 12.5. The molecule has 0 aliphatic rings. The Kier molecular flexibility index (Phi) is 12.1. The molecule has 2 unspecified atom stereocenters. The molecule has 114 valence electrons. The van der Waals surface area contributed by atoms with Gasteiger partial charge in [0.05, 0.1) is 5.92 Å². The topological polar surface area (TPSA) is 63.3 Å². The van der Waals surface area contributed by atoms with Gasteiger partial charge >= 0.3 is 5.97 Å². The molecule has 0 fully saturated rings. The van der Waals surface area contributed by atoms with Gasteiger partial charge in [0.15, 0.2) is 0 Å². The molecule has 2 atom stereocenters. The lowest BCUT2D eigenvalue weighted by Crippen LogP contribution is -2.26. The number of nitrogens with two attached hydrogens (primary N) is 1. The van der Waals surface area contributed by atoms with Crippen LogP contribution in [0.5, 0.6) is 0 Å². The number of carboxylic acids is 1. The van der Waals surface area contributed by atoms with E-state index in [9.17, 15) is 9.90 Å². The van der Waals surface area contributed by atoms with Crippen LogP contribution >= 0.6 is 0 Å². The van der Waals surface area contributed by atoms with Gasteiger partial charge in [-0.25, -0.2) is 0 Å². The smallest absolute Gasteiger partial charge is 0.306 e. The number of aliphatic carboxylic acids is 1. The van der Waals surface area contributed by atoms with Gasteiger partial charge in [0.25, 0.3) is 0 Å². The van der Waals surface area contributed by atoms with Crippen LogP contribution in [-0.4, -0.2) is 17.6 Å². The Morgan fingerprint density at radius 2 is 1.58 bits per heavy atom. The summed E-state index contributed by atoms with van der Waals surface area (Å²) in [5.74, 6) is -0.576. The third-order valence-electron chi connectivity index (χ3n) is 3.95. The van der Waals surface area contributed by atoms with Crippen molar-refractivity contribution in [2.75, 3.05) is 6.54 Å². The monoisotopic (exact) mass is 271 g/mol. The van der Waals surface area contributed by atoms with Gasteiger partial charge in [0.2, 0.25) is 0 Å². The number of carbonyl (C=O) groups is 1. The Hall–Kier alpha value is -0.570. The molecule has 0 spiro atoms. The standard InChI is InChI=1S/C16H33NO2/c1-3-5-6-7-8-9-11-14(10-4-2)15(12-13-17)16(18)19/h14-15H,3-13,17H2,1-2H3,(H,18,19). The highest BCUT2D eigenvalue weighted by molar-refractivity contribution is 5.70. The number of hydrogen-bond acceptors (Lipinski definition) is 2. The van der Waals surface area contributed by atoms with Crippen molar-refractivity contribution < 1.29 is 9.90 Å². The number of hydrogen-bond donors (Lipinski definition) is 2. The first-order valence-corrected chi connectivity index (χ1v) is 8.10. The van der Waals surface area contributed by atoms with E-state index in [-0.39, 0.29) is 5.92 Å². The van der Waals surface area contributed by atoms with E-state index >= 15 is 0 Å². The Morgan fingerprint density at radius 1 is 0.947 bits per heavy atom. The molecule has 0 heterocycles. The maximum absolute atomic E-state index is 11.3. The van der Waals surface area contributed by atoms with E-state index in [0.29, 0.717) is 18.9 Å². The molecule has 0 aliphatic heterocycles. The third-order valence-corrected chi connectivity index (χ3v) is 3.95. The van der Waals surface area contributed by atoms with Crippen LogP contribution in [-0.2, 0) is 4.79 Å². The van der Waals surface area contributed by atoms with E-state index in [0.717, 1.165) is 19.3 Å². The van der Waals surface area contributed by atoms with Gasteiger partial charge in [0.1, 0.15) is 0 Å². The molecule has 0 rings (SSSR count). The van der Waals surface area contributed by atoms with E-state index in [1.54, 1.807) is 0 Å². The van der Waals surface area contributed by atoms with E-state index in [4.69, 9.17) is 5.73 Å². The van der Waals surface area contributed by atoms with Crippen molar-refractivity contribution in [3.05, 3.63) is 0 Å². The van der Waals surface area contributed by atoms with E-state index < -0.39 is 5.97 Å². The summed E-state index contributed by atoms with van der Waals surface area (Å²) in [5, 5.41) is 9.32. The van der Waals surface area contributed by atoms with Crippen LogP contribution in [0.25, 0.3) is 0 Å². The number of unbranched alkanes of at least 4 members (excludes halogenated alkanes) is 5. The van der Waals surface area contributed by atoms with Gasteiger partial charge < -0.3 is 10.8 Å². The summed E-state index contributed by atoms with van der Waals surface area (Å²) < 4.78 is 0. The van der Waals surface area contributed by atoms with Crippen molar-refractivity contribution in [1.29, 1.82) is 0 Å². The van der Waals surface area contributed by atoms with Gasteiger partial charge in [-0.3, -0.25) is 4.79 Å². The highest BCUT2D eigenvalue weighted by atomic mass is 16.4. The predicted molar refractivity (Wildman–Crippen MR) is 81.2 cm³/mol. The van der Waals surface area contributed by atoms with Crippen LogP contribution in [0.3, 0.4) is 0 Å². The first-order chi connectivity index (χ1) is 9.17. The number of carboxylic acid groups (broad SMARTS) is 1. The van der Waals surface area contributed by atoms with Crippen molar-refractivity contribution in [2.45, 2.75) is 78.1 Å². The Labute approximate surface area is 119 Å². The van der Waals surface area contributed by atoms with Crippen molar-refractivity contribution >= 4 is 5.97 Å². The van der Waals surface area contributed by atoms with E-state index in [1.807, 2.05) is 0 Å². The van der Waals surface area contributed by atoms with Crippen molar-refractivity contribution in [3.8, 4) is 0 Å². The van der Waals surface area contributed by atoms with E-state index in [2.05, 4.69) is 13.8 Å². The minimum absolute atomic E-state index is 0.236. The first kappa shape index (κ1) is 18.4. The van der Waals surface area contributed by atoms with Gasteiger partial charge in [0, 0.05) is 0 Å². The zero-order chi connectivity index (χ0) is 14.5. The number of rotatable bonds is 13. The molecule has 0 aromatic heterocycles. The minimum atomic E-state index is -0.658. The lowest BCUT2D eigenvalue weighted by Gasteiger charge is -2.23. The summed E-state index contributed by atoms with van der Waals surface area (Å²) in [6.07, 6.45) is 11.4. The summed E-state index contributed by atoms with van der Waals surface area (Å²) in [6.45, 7) is 4.84. The first-order valence-electron chi connectivity index (χ1n) is 8.10. The van der Waals surface area contributed by atoms with Crippen molar-refractivity contribution in [2.24, 2.45) is 17.6 Å². The molecule has 0 amide bonds. The average molecular weight is 271 g/mol. The van der Waals surface area contributed by atoms with Crippen LogP contribution in [0.2, 0.25) is 0 Å². The van der Waals surface area contributed by atoms with Crippen LogP contribution in [0, 0.1) is 11.8 Å². The summed E-state index contributed by atoms with van der Waals surface area (Å²) in [7, 11) is 0. The molecule has 19 heavy (non-hydrogen) atoms. The molecule has 0 aliphatic carbocycles. The molecule has 0 aromatic rings. The molecule has 0 saturated heterocycles. The fourth-order valence-corrected chi connectivity index (χ4v) is 2.84. The van der Waals surface area contributed by atoms with Gasteiger partial charge in [-0.05, 0) is 31.7 Å². The molecule has 3 heteroatoms. The molecular weight excluding hydrogens is 238 g/mol. The second-order valence-corrected chi connectivity index (χ2v) is 5.63. The summed E-state index contributed by atoms with van der Waals surface area (Å²) >= 11 is 0. The third kappa shape index (κ3) is 9.04. The second-order valence-electron chi connectivity index (χ2n) is 5.63. The molecule has 3 N–H and O–H groups in total. The normalized spacial score (nSPS) is 14.3. The van der Waals surface area contributed by atoms with Crippen LogP contribution in [0.4, 0.5) is 0 Å². The fraction of sp³-hybridized carbons (Fsp3) is 0.938. The maximum Gasteiger partial charge on any atom is 0.306 e. The lowest BCUT2D eigenvalue weighted by atomic mass is 9.82. The van der Waals surface area contributed by atoms with Gasteiger partial charge in [-0.1, -0.05) is 58.8 Å². The molecule has 0 bridgehead atoms. The molecule has 0 saturated carbocycles. The Morgan fingerprint density at radius 3 is 2.11 bits per heavy atom. The Balaban J connectivity index is 4.04. The Bertz CT molecular complexity index is 219. The minimum Gasteiger partial charge on any atom is -0.481 e. The fourth-order valence-electron chi connectivity index (χ4n) is 2.84. The summed E-state index contributed by atoms with van der Waals surface area (Å²) in [6, 6.07) is 0. The highest BCUT2D eigenvalue weighted by Gasteiger charge is 2.26. The summed E-state index contributed by atoms with van der Waals surface area (Å²) in [5.41, 5.74) is 5.55. The molecular formula is C16H33NO2. The molecule has 0 radical (unpaired) electrons. The zero-order valence-electron chi connectivity index (χ0n) is 12.9. The quantitative estimate of drug-likeness (QED) is 0.493. The molecule has 0 aromatic carbocycles. The predicted octanol–water partition coefficient (Wildman–Crippen LogP) is 4.20. The summed E-state index contributed by atoms with van der Waals surface area (Å²) in [4.78, 5) is 11.3. The van der Waals surface area contributed by atoms with Crippen molar-refractivity contribution in [1.82, 2.24) is 0 Å². The van der Waals surface area contributed by atoms with Crippen LogP contribution in [0.15, 0.2) is 0 Å². The average Bonchev–Trinajstić information content (AvgIpc) is 2.38. The van der Waals surface area contributed by atoms with Crippen LogP contribution < -0.4 is 5.73 Å². The van der Waals surface area contributed by atoms with Crippen LogP contribution in [0.1, 0.15) is 78.1 Å². The SMILES string of the molecule is CCCCCCCCC(CCC)C(CCN)C(=O)O. The van der Waals surface area contributed by atoms with Gasteiger partial charge in [-0.2, -0.15) is 0 Å².